The van der Waals surface area contributed by atoms with Crippen molar-refractivity contribution in [2.75, 3.05) is 91.7 Å². The number of carbonyl (C=O) groups excluding carboxylic acids is 9. The van der Waals surface area contributed by atoms with E-state index in [-0.39, 0.29) is 129 Å². The summed E-state index contributed by atoms with van der Waals surface area (Å²) in [6.07, 6.45) is 4.46. The first kappa shape index (κ1) is 79.9. The fourth-order valence-corrected chi connectivity index (χ4v) is 10.6. The highest BCUT2D eigenvalue weighted by Gasteiger charge is 2.34. The molecule has 0 saturated carbocycles. The molecule has 2 aromatic carbocycles. The SMILES string of the molecule is CCCC[C@H](NC=O)C(=O)N[C@@H](CC(C)C)C(=O)N[C@@H](Cc1ccccc1)C(=O)N[C@@H](CCCC)C(=O)N[C@@H](Cc1ccc(O)cc1)C(=O)N[C@@H](CCCCNC(=O)[C@H](CO)NC(=O)CN1CCCN(CC(=O)O)CCN(CC(=O)O)CCCN(CC(=O)O)CC1)C(N)=O. The fourth-order valence-electron chi connectivity index (χ4n) is 10.6. The van der Waals surface area contributed by atoms with Gasteiger partial charge in [0.15, 0.2) is 0 Å². The Labute approximate surface area is 549 Å². The third-order valence-electron chi connectivity index (χ3n) is 15.7. The van der Waals surface area contributed by atoms with Gasteiger partial charge in [-0.25, -0.2) is 0 Å². The summed E-state index contributed by atoms with van der Waals surface area (Å²) in [5, 5.41) is 70.3. The number of phenolic OH excluding ortho intramolecular Hbond substituents is 1. The first-order valence-corrected chi connectivity index (χ1v) is 32.4. The number of rotatable bonds is 41. The second-order valence-corrected chi connectivity index (χ2v) is 24.1. The second-order valence-electron chi connectivity index (χ2n) is 24.1. The summed E-state index contributed by atoms with van der Waals surface area (Å²) < 4.78 is 0. The molecule has 0 aromatic heterocycles. The van der Waals surface area contributed by atoms with E-state index in [9.17, 15) is 83.1 Å². The van der Waals surface area contributed by atoms with E-state index in [1.807, 2.05) is 27.7 Å². The van der Waals surface area contributed by atoms with Crippen molar-refractivity contribution in [1.29, 1.82) is 0 Å². The van der Waals surface area contributed by atoms with E-state index in [1.54, 1.807) is 49.9 Å². The number of phenols is 1. The molecule has 0 bridgehead atoms. The first-order chi connectivity index (χ1) is 44.8. The Morgan fingerprint density at radius 3 is 1.36 bits per heavy atom. The molecule has 9 amide bonds. The molecule has 1 saturated heterocycles. The van der Waals surface area contributed by atoms with Gasteiger partial charge >= 0.3 is 17.9 Å². The topological polar surface area (TPSA) is 441 Å². The zero-order valence-corrected chi connectivity index (χ0v) is 54.7. The molecule has 1 heterocycles. The minimum Gasteiger partial charge on any atom is -0.508 e. The number of aliphatic hydroxyl groups excluding tert-OH is 1. The van der Waals surface area contributed by atoms with Crippen LogP contribution in [0.25, 0.3) is 0 Å². The van der Waals surface area contributed by atoms with Crippen LogP contribution in [0.4, 0.5) is 0 Å². The Balaban J connectivity index is 1.73. The van der Waals surface area contributed by atoms with Crippen molar-refractivity contribution in [3.05, 3.63) is 65.7 Å². The van der Waals surface area contributed by atoms with Gasteiger partial charge in [0, 0.05) is 65.2 Å². The van der Waals surface area contributed by atoms with Crippen molar-refractivity contribution >= 4 is 71.6 Å². The number of aliphatic carboxylic acids is 3. The van der Waals surface area contributed by atoms with Crippen molar-refractivity contribution < 1.29 is 83.1 Å². The van der Waals surface area contributed by atoms with E-state index in [1.165, 1.54) is 24.3 Å². The average Bonchev–Trinajstić information content (AvgIpc) is 0.906. The molecule has 30 heteroatoms. The normalized spacial score (nSPS) is 16.2. The Bertz CT molecular complexity index is 2730. The minimum absolute atomic E-state index is 0.00774. The van der Waals surface area contributed by atoms with Gasteiger partial charge in [-0.2, -0.15) is 0 Å². The summed E-state index contributed by atoms with van der Waals surface area (Å²) in [6.45, 7) is 7.61. The van der Waals surface area contributed by atoms with Gasteiger partial charge < -0.3 is 73.8 Å². The van der Waals surface area contributed by atoms with E-state index < -0.39 is 114 Å². The third kappa shape index (κ3) is 32.5. The summed E-state index contributed by atoms with van der Waals surface area (Å²) in [4.78, 5) is 164. The molecule has 15 N–H and O–H groups in total. The molecule has 1 aliphatic rings. The summed E-state index contributed by atoms with van der Waals surface area (Å²) in [5.41, 5.74) is 6.96. The standard InChI is InChI=1S/C64H101N13O17/c1-5-7-18-48(67-42-79)60(90)71-50(34-43(3)4)62(92)73-51(35-44-16-10-9-11-17-44)64(94)70-49(19-8-6-2)61(91)72-52(36-45-21-23-46(80)24-22-45)63(93)69-47(58(65)88)20-12-13-25-66-59(89)53(41-78)68-54(81)37-74-26-14-27-76(39-56(84)85)32-33-77(40-57(86)87)29-15-28-75(31-30-74)38-55(82)83/h9-11,16-17,21-24,42-43,47-53,78,80H,5-8,12-15,18-20,25-41H2,1-4H3,(H2,65,88)(H,66,89)(H,67,79)(H,68,81)(H,69,93)(H,70,94)(H,71,90)(H,72,91)(H,73,92)(H,82,83)(H,84,85)(H,86,87)/t47-,48-,49-,50-,51-,52-,53-/m0/s1. The molecular weight excluding hydrogens is 1220 g/mol. The lowest BCUT2D eigenvalue weighted by Gasteiger charge is -2.30. The summed E-state index contributed by atoms with van der Waals surface area (Å²) >= 11 is 0. The van der Waals surface area contributed by atoms with Crippen LogP contribution in [-0.4, -0.2) is 251 Å². The van der Waals surface area contributed by atoms with Crippen molar-refractivity contribution in [3.8, 4) is 5.75 Å². The quantitative estimate of drug-likeness (QED) is 0.0270. The van der Waals surface area contributed by atoms with Crippen LogP contribution in [0.2, 0.25) is 0 Å². The van der Waals surface area contributed by atoms with Crippen LogP contribution >= 0.6 is 0 Å². The predicted molar refractivity (Wildman–Crippen MR) is 346 cm³/mol. The lowest BCUT2D eigenvalue weighted by Crippen LogP contribution is -2.60. The minimum atomic E-state index is -1.39. The Morgan fingerprint density at radius 1 is 0.489 bits per heavy atom. The number of unbranched alkanes of at least 4 members (excludes halogenated alkanes) is 3. The van der Waals surface area contributed by atoms with E-state index in [4.69, 9.17) is 5.73 Å². The smallest absolute Gasteiger partial charge is 0.317 e. The predicted octanol–water partition coefficient (Wildman–Crippen LogP) is -1.35. The number of hydrogen-bond donors (Lipinski definition) is 14. The van der Waals surface area contributed by atoms with Crippen LogP contribution in [0, 0.1) is 5.92 Å². The molecule has 2 aromatic rings. The molecule has 3 rings (SSSR count). The Morgan fingerprint density at radius 2 is 0.904 bits per heavy atom. The number of carbonyl (C=O) groups is 12. The lowest BCUT2D eigenvalue weighted by molar-refractivity contribution is -0.140. The number of primary amides is 1. The number of hydrogen-bond acceptors (Lipinski definition) is 18. The molecule has 0 radical (unpaired) electrons. The highest BCUT2D eigenvalue weighted by molar-refractivity contribution is 5.97. The van der Waals surface area contributed by atoms with Gasteiger partial charge in [0.05, 0.1) is 32.8 Å². The zero-order valence-electron chi connectivity index (χ0n) is 54.7. The number of aromatic hydroxyl groups is 1. The molecule has 1 aliphatic heterocycles. The van der Waals surface area contributed by atoms with Gasteiger partial charge in [-0.1, -0.05) is 95.8 Å². The number of nitrogens with zero attached hydrogens (tertiary/aromatic N) is 4. The van der Waals surface area contributed by atoms with Crippen LogP contribution in [0.3, 0.4) is 0 Å². The van der Waals surface area contributed by atoms with Crippen molar-refractivity contribution in [3.63, 3.8) is 0 Å². The second kappa shape index (κ2) is 44.3. The monoisotopic (exact) mass is 1320 g/mol. The van der Waals surface area contributed by atoms with Crippen molar-refractivity contribution in [2.24, 2.45) is 11.7 Å². The number of carboxylic acid groups (broad SMARTS) is 3. The highest BCUT2D eigenvalue weighted by atomic mass is 16.4. The van der Waals surface area contributed by atoms with Crippen LogP contribution in [0.5, 0.6) is 5.75 Å². The number of carboxylic acids is 3. The zero-order chi connectivity index (χ0) is 69.5. The molecule has 7 atom stereocenters. The Hall–Kier alpha value is -8.32. The lowest BCUT2D eigenvalue weighted by atomic mass is 9.99. The van der Waals surface area contributed by atoms with Gasteiger partial charge in [-0.15, -0.1) is 0 Å². The molecule has 0 unspecified atom stereocenters. The summed E-state index contributed by atoms with van der Waals surface area (Å²) in [7, 11) is 0. The molecular formula is C64H101N13O17. The Kier molecular flexibility index (Phi) is 37.7. The molecule has 0 spiro atoms. The van der Waals surface area contributed by atoms with Gasteiger partial charge in [0.2, 0.25) is 53.7 Å². The molecule has 1 fully saturated rings. The van der Waals surface area contributed by atoms with E-state index in [0.29, 0.717) is 69.2 Å². The molecule has 0 aliphatic carbocycles. The first-order valence-electron chi connectivity index (χ1n) is 32.4. The van der Waals surface area contributed by atoms with Gasteiger partial charge in [0.1, 0.15) is 48.0 Å². The van der Waals surface area contributed by atoms with Crippen LogP contribution in [0.15, 0.2) is 54.6 Å². The number of nitrogens with two attached hydrogens (primary N) is 1. The van der Waals surface area contributed by atoms with Gasteiger partial charge in [-0.3, -0.25) is 77.1 Å². The highest BCUT2D eigenvalue weighted by Crippen LogP contribution is 2.15. The number of nitrogens with one attached hydrogen (secondary N) is 8. The molecule has 30 nitrogen and oxygen atoms in total. The largest absolute Gasteiger partial charge is 0.508 e. The summed E-state index contributed by atoms with van der Waals surface area (Å²) in [6, 6.07) is 6.03. The molecule has 524 valence electrons. The molecule has 94 heavy (non-hydrogen) atoms. The van der Waals surface area contributed by atoms with E-state index in [2.05, 4.69) is 42.5 Å². The van der Waals surface area contributed by atoms with Crippen molar-refractivity contribution in [2.45, 2.75) is 160 Å². The number of amides is 9. The van der Waals surface area contributed by atoms with Crippen LogP contribution in [-0.2, 0) is 70.4 Å². The van der Waals surface area contributed by atoms with E-state index >= 15 is 0 Å². The van der Waals surface area contributed by atoms with Crippen LogP contribution < -0.4 is 48.3 Å². The van der Waals surface area contributed by atoms with Crippen LogP contribution in [0.1, 0.15) is 116 Å². The summed E-state index contributed by atoms with van der Waals surface area (Å²) in [5.74, 6) is -9.25. The van der Waals surface area contributed by atoms with Gasteiger partial charge in [-0.05, 0) is 87.1 Å². The third-order valence-corrected chi connectivity index (χ3v) is 15.7. The van der Waals surface area contributed by atoms with Gasteiger partial charge in [0.25, 0.3) is 0 Å². The average molecular weight is 1320 g/mol. The maximum absolute atomic E-state index is 14.5. The van der Waals surface area contributed by atoms with E-state index in [0.717, 1.165) is 6.42 Å². The fraction of sp³-hybridized carbons (Fsp3) is 0.625. The number of benzene rings is 2. The number of aliphatic hydroxyl groups is 1. The maximum Gasteiger partial charge on any atom is 0.317 e. The maximum atomic E-state index is 14.5. The van der Waals surface area contributed by atoms with Crippen molar-refractivity contribution in [1.82, 2.24) is 62.1 Å².